The van der Waals surface area contributed by atoms with Gasteiger partial charge in [-0.15, -0.1) is 6.58 Å². The standard InChI is InChI=1S/C19H22O6S/c1-4-8-15-13-16(23-3)11-12-18(15)24-19(14(2)20)25-26(21,22)17-9-6-5-7-10-17/h4-7,9-14,19-20H,1,8H2,2-3H3. The molecule has 0 heterocycles. The predicted molar refractivity (Wildman–Crippen MR) is 97.7 cm³/mol. The van der Waals surface area contributed by atoms with E-state index in [1.807, 2.05) is 0 Å². The number of ether oxygens (including phenoxy) is 2. The molecule has 2 atom stereocenters. The predicted octanol–water partition coefficient (Wildman–Crippen LogP) is 2.91. The van der Waals surface area contributed by atoms with Crippen molar-refractivity contribution in [3.8, 4) is 11.5 Å². The van der Waals surface area contributed by atoms with E-state index in [-0.39, 0.29) is 4.90 Å². The molecule has 0 aliphatic rings. The summed E-state index contributed by atoms with van der Waals surface area (Å²) in [5.74, 6) is 1.00. The van der Waals surface area contributed by atoms with Gasteiger partial charge in [0.1, 0.15) is 17.6 Å². The lowest BCUT2D eigenvalue weighted by Crippen LogP contribution is -2.34. The first-order valence-corrected chi connectivity index (χ1v) is 9.39. The molecule has 6 nitrogen and oxygen atoms in total. The van der Waals surface area contributed by atoms with Crippen molar-refractivity contribution in [2.24, 2.45) is 0 Å². The summed E-state index contributed by atoms with van der Waals surface area (Å²) in [4.78, 5) is -0.0182. The van der Waals surface area contributed by atoms with Gasteiger partial charge < -0.3 is 14.6 Å². The van der Waals surface area contributed by atoms with Gasteiger partial charge in [-0.05, 0) is 43.7 Å². The molecule has 2 aromatic carbocycles. The van der Waals surface area contributed by atoms with E-state index in [4.69, 9.17) is 13.7 Å². The molecule has 0 fully saturated rings. The lowest BCUT2D eigenvalue weighted by molar-refractivity contribution is -0.0745. The molecule has 140 valence electrons. The van der Waals surface area contributed by atoms with E-state index in [9.17, 15) is 13.5 Å². The SMILES string of the molecule is C=CCc1cc(OC)ccc1OC(OS(=O)(=O)c1ccccc1)C(C)O. The number of methoxy groups -OCH3 is 1. The van der Waals surface area contributed by atoms with Gasteiger partial charge in [0, 0.05) is 5.56 Å². The van der Waals surface area contributed by atoms with Crippen LogP contribution in [0.1, 0.15) is 12.5 Å². The van der Waals surface area contributed by atoms with Crippen LogP contribution in [0, 0.1) is 0 Å². The Labute approximate surface area is 153 Å². The van der Waals surface area contributed by atoms with Crippen molar-refractivity contribution in [2.75, 3.05) is 7.11 Å². The quantitative estimate of drug-likeness (QED) is 0.410. The van der Waals surface area contributed by atoms with Crippen LogP contribution in [-0.4, -0.2) is 33.0 Å². The molecule has 0 spiro atoms. The third-order valence-corrected chi connectivity index (χ3v) is 4.81. The Kier molecular flexibility index (Phi) is 6.79. The van der Waals surface area contributed by atoms with Gasteiger partial charge in [-0.3, -0.25) is 0 Å². The summed E-state index contributed by atoms with van der Waals surface area (Å²) < 4.78 is 40.8. The summed E-state index contributed by atoms with van der Waals surface area (Å²) in [6.45, 7) is 5.08. The Hall–Kier alpha value is -2.35. The Morgan fingerprint density at radius 2 is 1.88 bits per heavy atom. The molecule has 2 rings (SSSR count). The van der Waals surface area contributed by atoms with Crippen LogP contribution in [0.4, 0.5) is 0 Å². The van der Waals surface area contributed by atoms with Crippen LogP contribution < -0.4 is 9.47 Å². The summed E-state index contributed by atoms with van der Waals surface area (Å²) in [6, 6.07) is 12.7. The summed E-state index contributed by atoms with van der Waals surface area (Å²) >= 11 is 0. The first-order valence-electron chi connectivity index (χ1n) is 7.98. The van der Waals surface area contributed by atoms with Gasteiger partial charge in [-0.2, -0.15) is 8.42 Å². The van der Waals surface area contributed by atoms with E-state index in [1.165, 1.54) is 19.1 Å². The van der Waals surface area contributed by atoms with E-state index in [1.54, 1.807) is 49.6 Å². The van der Waals surface area contributed by atoms with E-state index >= 15 is 0 Å². The number of hydrogen-bond donors (Lipinski definition) is 1. The maximum Gasteiger partial charge on any atom is 0.300 e. The van der Waals surface area contributed by atoms with Crippen molar-refractivity contribution in [3.05, 3.63) is 66.7 Å². The van der Waals surface area contributed by atoms with Gasteiger partial charge >= 0.3 is 0 Å². The third kappa shape index (κ3) is 5.08. The molecule has 0 aromatic heterocycles. The second-order valence-corrected chi connectivity index (χ2v) is 7.13. The number of allylic oxidation sites excluding steroid dienone is 1. The largest absolute Gasteiger partial charge is 0.497 e. The van der Waals surface area contributed by atoms with Gasteiger partial charge in [0.2, 0.25) is 6.29 Å². The lowest BCUT2D eigenvalue weighted by Gasteiger charge is -2.23. The lowest BCUT2D eigenvalue weighted by atomic mass is 10.1. The Morgan fingerprint density at radius 1 is 1.19 bits per heavy atom. The van der Waals surface area contributed by atoms with Gasteiger partial charge in [-0.1, -0.05) is 24.3 Å². The summed E-state index contributed by atoms with van der Waals surface area (Å²) in [6.07, 6.45) is -0.435. The van der Waals surface area contributed by atoms with Crippen LogP contribution in [0.15, 0.2) is 66.1 Å². The first-order chi connectivity index (χ1) is 12.4. The zero-order valence-corrected chi connectivity index (χ0v) is 15.5. The molecule has 0 radical (unpaired) electrons. The normalized spacial score (nSPS) is 13.7. The highest BCUT2D eigenvalue weighted by Gasteiger charge is 2.27. The van der Waals surface area contributed by atoms with Crippen molar-refractivity contribution in [1.82, 2.24) is 0 Å². The van der Waals surface area contributed by atoms with Gasteiger partial charge in [0.25, 0.3) is 10.1 Å². The topological polar surface area (TPSA) is 82.1 Å². The maximum atomic E-state index is 12.4. The number of benzene rings is 2. The van der Waals surface area contributed by atoms with Crippen LogP contribution in [0.3, 0.4) is 0 Å². The van der Waals surface area contributed by atoms with Crippen molar-refractivity contribution in [1.29, 1.82) is 0 Å². The highest BCUT2D eigenvalue weighted by Crippen LogP contribution is 2.27. The highest BCUT2D eigenvalue weighted by atomic mass is 32.2. The van der Waals surface area contributed by atoms with Crippen LogP contribution in [0.25, 0.3) is 0 Å². The molecule has 0 aliphatic carbocycles. The van der Waals surface area contributed by atoms with E-state index < -0.39 is 22.5 Å². The van der Waals surface area contributed by atoms with Gasteiger partial charge in [0.15, 0.2) is 0 Å². The fraction of sp³-hybridized carbons (Fsp3) is 0.263. The maximum absolute atomic E-state index is 12.4. The average Bonchev–Trinajstić information content (AvgIpc) is 2.63. The summed E-state index contributed by atoms with van der Waals surface area (Å²) in [5.41, 5.74) is 0.728. The number of aliphatic hydroxyl groups is 1. The molecule has 26 heavy (non-hydrogen) atoms. The summed E-state index contributed by atoms with van der Waals surface area (Å²) in [7, 11) is -2.55. The van der Waals surface area contributed by atoms with E-state index in [0.29, 0.717) is 17.9 Å². The van der Waals surface area contributed by atoms with E-state index in [0.717, 1.165) is 5.56 Å². The van der Waals surface area contributed by atoms with Crippen LogP contribution in [0.2, 0.25) is 0 Å². The minimum Gasteiger partial charge on any atom is -0.497 e. The van der Waals surface area contributed by atoms with Crippen LogP contribution in [-0.2, 0) is 20.7 Å². The minimum atomic E-state index is -4.09. The zero-order valence-electron chi connectivity index (χ0n) is 14.7. The minimum absolute atomic E-state index is 0.0182. The second-order valence-electron chi connectivity index (χ2n) is 5.56. The number of aliphatic hydroxyl groups excluding tert-OH is 1. The molecule has 7 heteroatoms. The average molecular weight is 378 g/mol. The molecule has 0 aliphatic heterocycles. The Balaban J connectivity index is 2.28. The van der Waals surface area contributed by atoms with Crippen molar-refractivity contribution < 1.29 is 27.2 Å². The smallest absolute Gasteiger partial charge is 0.300 e. The molecular weight excluding hydrogens is 356 g/mol. The van der Waals surface area contributed by atoms with Crippen molar-refractivity contribution in [2.45, 2.75) is 30.6 Å². The molecule has 2 unspecified atom stereocenters. The van der Waals surface area contributed by atoms with Crippen molar-refractivity contribution in [3.63, 3.8) is 0 Å². The Morgan fingerprint density at radius 3 is 2.46 bits per heavy atom. The second kappa shape index (κ2) is 8.84. The van der Waals surface area contributed by atoms with Crippen LogP contribution in [0.5, 0.6) is 11.5 Å². The number of rotatable bonds is 9. The molecular formula is C19H22O6S. The molecule has 0 amide bonds. The van der Waals surface area contributed by atoms with Crippen molar-refractivity contribution >= 4 is 10.1 Å². The Bertz CT molecular complexity index is 830. The third-order valence-electron chi connectivity index (χ3n) is 3.52. The molecule has 2 aromatic rings. The number of hydrogen-bond acceptors (Lipinski definition) is 6. The van der Waals surface area contributed by atoms with Crippen LogP contribution >= 0.6 is 0 Å². The van der Waals surface area contributed by atoms with E-state index in [2.05, 4.69) is 6.58 Å². The van der Waals surface area contributed by atoms with Gasteiger partial charge in [-0.25, -0.2) is 4.18 Å². The molecule has 1 N–H and O–H groups in total. The first kappa shape index (κ1) is 20.0. The summed E-state index contributed by atoms with van der Waals surface area (Å²) in [5, 5.41) is 9.95. The molecule has 0 saturated carbocycles. The monoisotopic (exact) mass is 378 g/mol. The molecule has 0 saturated heterocycles. The van der Waals surface area contributed by atoms with Gasteiger partial charge in [0.05, 0.1) is 12.0 Å². The highest BCUT2D eigenvalue weighted by molar-refractivity contribution is 7.86. The molecule has 0 bridgehead atoms. The fourth-order valence-corrected chi connectivity index (χ4v) is 3.26. The zero-order chi connectivity index (χ0) is 19.2. The fourth-order valence-electron chi connectivity index (χ4n) is 2.20.